The number of hydrogen-bond donors (Lipinski definition) is 2. The molecule has 0 atom stereocenters. The maximum Gasteiger partial charge on any atom is 0.414 e. The topological polar surface area (TPSA) is 98.2 Å². The number of piperidine rings is 2. The number of carboxylic acids is 2. The third-order valence-electron chi connectivity index (χ3n) is 5.90. The Labute approximate surface area is 184 Å². The van der Waals surface area contributed by atoms with Crippen molar-refractivity contribution < 1.29 is 24.6 Å². The van der Waals surface area contributed by atoms with Crippen LogP contribution in [-0.4, -0.2) is 70.6 Å². The second-order valence-corrected chi connectivity index (χ2v) is 8.57. The van der Waals surface area contributed by atoms with Crippen LogP contribution in [0.4, 0.5) is 0 Å². The Hall–Kier alpha value is -2.67. The third kappa shape index (κ3) is 8.53. The lowest BCUT2D eigenvalue weighted by atomic mass is 9.92. The number of carbonyl (C=O) groups is 3. The van der Waals surface area contributed by atoms with Crippen LogP contribution < -0.4 is 0 Å². The summed E-state index contributed by atoms with van der Waals surface area (Å²) in [6.07, 6.45) is 6.65. The van der Waals surface area contributed by atoms with Gasteiger partial charge in [-0.3, -0.25) is 9.69 Å². The van der Waals surface area contributed by atoms with E-state index in [1.807, 2.05) is 0 Å². The monoisotopic (exact) mass is 430 g/mol. The molecule has 7 heteroatoms. The van der Waals surface area contributed by atoms with Gasteiger partial charge in [-0.05, 0) is 57.2 Å². The highest BCUT2D eigenvalue weighted by Gasteiger charge is 2.30. The maximum atomic E-state index is 12.7. The summed E-state index contributed by atoms with van der Waals surface area (Å²) in [5.41, 5.74) is 2.66. The van der Waals surface area contributed by atoms with Gasteiger partial charge in [0, 0.05) is 25.6 Å². The summed E-state index contributed by atoms with van der Waals surface area (Å²) in [6.45, 7) is 9.54. The Balaban J connectivity index is 0.000000501. The smallest absolute Gasteiger partial charge is 0.414 e. The van der Waals surface area contributed by atoms with E-state index < -0.39 is 11.9 Å². The zero-order chi connectivity index (χ0) is 22.8. The molecule has 7 nitrogen and oxygen atoms in total. The van der Waals surface area contributed by atoms with E-state index in [9.17, 15) is 4.79 Å². The minimum Gasteiger partial charge on any atom is -0.473 e. The van der Waals surface area contributed by atoms with Gasteiger partial charge in [-0.1, -0.05) is 48.9 Å². The average molecular weight is 431 g/mol. The quantitative estimate of drug-likeness (QED) is 0.712. The molecule has 0 aliphatic carbocycles. The van der Waals surface area contributed by atoms with E-state index in [-0.39, 0.29) is 5.92 Å². The van der Waals surface area contributed by atoms with Gasteiger partial charge in [-0.25, -0.2) is 9.59 Å². The summed E-state index contributed by atoms with van der Waals surface area (Å²) in [5, 5.41) is 14.8. The summed E-state index contributed by atoms with van der Waals surface area (Å²) in [7, 11) is 0. The van der Waals surface area contributed by atoms with Gasteiger partial charge in [-0.2, -0.15) is 0 Å². The normalized spacial score (nSPS) is 18.8. The highest BCUT2D eigenvalue weighted by Crippen LogP contribution is 2.24. The first-order chi connectivity index (χ1) is 14.8. The molecule has 0 radical (unpaired) electrons. The zero-order valence-corrected chi connectivity index (χ0v) is 18.5. The zero-order valence-electron chi connectivity index (χ0n) is 18.5. The lowest BCUT2D eigenvalue weighted by Gasteiger charge is -2.36. The van der Waals surface area contributed by atoms with E-state index in [0.717, 1.165) is 51.5 Å². The van der Waals surface area contributed by atoms with Gasteiger partial charge in [0.15, 0.2) is 0 Å². The van der Waals surface area contributed by atoms with Gasteiger partial charge < -0.3 is 15.1 Å². The molecule has 0 aromatic heterocycles. The van der Waals surface area contributed by atoms with Crippen molar-refractivity contribution in [2.75, 3.05) is 32.7 Å². The molecule has 2 aliphatic rings. The van der Waals surface area contributed by atoms with Crippen LogP contribution in [0.3, 0.4) is 0 Å². The summed E-state index contributed by atoms with van der Waals surface area (Å²) < 4.78 is 0. The number of carboxylic acid groups (broad SMARTS) is 2. The van der Waals surface area contributed by atoms with Gasteiger partial charge in [0.25, 0.3) is 0 Å². The number of nitrogens with zero attached hydrogens (tertiary/aromatic N) is 2. The molecule has 0 saturated carbocycles. The molecule has 170 valence electrons. The van der Waals surface area contributed by atoms with E-state index in [2.05, 4.69) is 60.1 Å². The molecular weight excluding hydrogens is 396 g/mol. The first-order valence-corrected chi connectivity index (χ1v) is 11.0. The van der Waals surface area contributed by atoms with Crippen molar-refractivity contribution in [1.29, 1.82) is 0 Å². The lowest BCUT2D eigenvalue weighted by molar-refractivity contribution is -0.159. The maximum absolute atomic E-state index is 12.7. The van der Waals surface area contributed by atoms with Crippen LogP contribution in [0.1, 0.15) is 45.1 Å². The molecule has 0 unspecified atom stereocenters. The molecule has 1 aromatic carbocycles. The van der Waals surface area contributed by atoms with Crippen molar-refractivity contribution in [3.05, 3.63) is 41.5 Å². The first-order valence-electron chi connectivity index (χ1n) is 11.0. The van der Waals surface area contributed by atoms with E-state index in [4.69, 9.17) is 19.8 Å². The molecule has 1 aromatic rings. The Morgan fingerprint density at radius 2 is 1.48 bits per heavy atom. The summed E-state index contributed by atoms with van der Waals surface area (Å²) in [4.78, 5) is 35.5. The van der Waals surface area contributed by atoms with Crippen molar-refractivity contribution in [3.63, 3.8) is 0 Å². The van der Waals surface area contributed by atoms with Crippen molar-refractivity contribution in [2.24, 2.45) is 11.8 Å². The minimum absolute atomic E-state index is 0.253. The largest absolute Gasteiger partial charge is 0.473 e. The molecule has 0 spiro atoms. The number of aliphatic carboxylic acids is 2. The van der Waals surface area contributed by atoms with Gasteiger partial charge >= 0.3 is 11.9 Å². The van der Waals surface area contributed by atoms with E-state index >= 15 is 0 Å². The van der Waals surface area contributed by atoms with Gasteiger partial charge in [0.2, 0.25) is 5.91 Å². The standard InChI is InChI=1S/C22H32N2O.C2H2O4/c1-18-8-14-24(15-9-18)22(25)21-10-12-23(13-11-21)17-19(2)16-20-6-4-3-5-7-20;3-1(4)2(5)6/h3-7,16,18,21H,8-15,17H2,1-2H3;(H,3,4)(H,5,6). The minimum atomic E-state index is -1.82. The molecule has 2 N–H and O–H groups in total. The molecule has 31 heavy (non-hydrogen) atoms. The number of benzene rings is 1. The molecule has 1 amide bonds. The molecule has 2 heterocycles. The van der Waals surface area contributed by atoms with Crippen molar-refractivity contribution >= 4 is 23.9 Å². The summed E-state index contributed by atoms with van der Waals surface area (Å²) in [5.74, 6) is -2.19. The van der Waals surface area contributed by atoms with Crippen LogP contribution in [0.5, 0.6) is 0 Å². The molecular formula is C24H34N2O5. The number of likely N-dealkylation sites (tertiary alicyclic amines) is 2. The van der Waals surface area contributed by atoms with Crippen LogP contribution >= 0.6 is 0 Å². The predicted octanol–water partition coefficient (Wildman–Crippen LogP) is 3.22. The van der Waals surface area contributed by atoms with Crippen LogP contribution in [0.2, 0.25) is 0 Å². The van der Waals surface area contributed by atoms with Crippen LogP contribution in [0.25, 0.3) is 6.08 Å². The fourth-order valence-electron chi connectivity index (χ4n) is 4.06. The van der Waals surface area contributed by atoms with Crippen molar-refractivity contribution in [1.82, 2.24) is 9.80 Å². The lowest BCUT2D eigenvalue weighted by Crippen LogP contribution is -2.45. The summed E-state index contributed by atoms with van der Waals surface area (Å²) >= 11 is 0. The Morgan fingerprint density at radius 3 is 2.00 bits per heavy atom. The van der Waals surface area contributed by atoms with Gasteiger partial charge in [0.05, 0.1) is 0 Å². The molecule has 0 bridgehead atoms. The van der Waals surface area contributed by atoms with Gasteiger partial charge in [0.1, 0.15) is 0 Å². The van der Waals surface area contributed by atoms with Gasteiger partial charge in [-0.15, -0.1) is 0 Å². The Kier molecular flexibility index (Phi) is 9.72. The molecule has 3 rings (SSSR count). The van der Waals surface area contributed by atoms with E-state index in [1.165, 1.54) is 24.0 Å². The number of carbonyl (C=O) groups excluding carboxylic acids is 1. The predicted molar refractivity (Wildman–Crippen MR) is 120 cm³/mol. The molecule has 2 aliphatic heterocycles. The Bertz CT molecular complexity index is 749. The third-order valence-corrected chi connectivity index (χ3v) is 5.90. The fourth-order valence-corrected chi connectivity index (χ4v) is 4.06. The van der Waals surface area contributed by atoms with Crippen molar-refractivity contribution in [2.45, 2.75) is 39.5 Å². The van der Waals surface area contributed by atoms with Crippen LogP contribution in [0, 0.1) is 11.8 Å². The SMILES string of the molecule is CC(=Cc1ccccc1)CN1CCC(C(=O)N2CCC(C)CC2)CC1.O=C(O)C(=O)O. The average Bonchev–Trinajstić information content (AvgIpc) is 2.75. The molecule has 2 fully saturated rings. The number of amides is 1. The summed E-state index contributed by atoms with van der Waals surface area (Å²) in [6, 6.07) is 10.5. The van der Waals surface area contributed by atoms with Crippen LogP contribution in [0.15, 0.2) is 35.9 Å². The van der Waals surface area contributed by atoms with E-state index in [0.29, 0.717) is 5.91 Å². The van der Waals surface area contributed by atoms with Crippen molar-refractivity contribution in [3.8, 4) is 0 Å². The molecule has 2 saturated heterocycles. The highest BCUT2D eigenvalue weighted by atomic mass is 16.4. The number of hydrogen-bond acceptors (Lipinski definition) is 4. The first kappa shape index (κ1) is 24.6. The highest BCUT2D eigenvalue weighted by molar-refractivity contribution is 6.27. The Morgan fingerprint density at radius 1 is 0.935 bits per heavy atom. The number of rotatable bonds is 4. The van der Waals surface area contributed by atoms with Crippen LogP contribution in [-0.2, 0) is 14.4 Å². The van der Waals surface area contributed by atoms with E-state index in [1.54, 1.807) is 0 Å². The fraction of sp³-hybridized carbons (Fsp3) is 0.542. The second-order valence-electron chi connectivity index (χ2n) is 8.57. The second kappa shape index (κ2) is 12.2.